The largest absolute Gasteiger partial charge is 0.0879 e. The monoisotopic (exact) mass is 414 g/mol. The van der Waals surface area contributed by atoms with E-state index in [2.05, 4.69) is 98.0 Å². The third kappa shape index (κ3) is 2.39. The predicted octanol–water partition coefficient (Wildman–Crippen LogP) is 6.55. The van der Waals surface area contributed by atoms with Gasteiger partial charge in [0.15, 0.2) is 0 Å². The molecule has 0 aromatic heterocycles. The molecule has 3 atom stereocenters. The van der Waals surface area contributed by atoms with Crippen molar-refractivity contribution in [1.29, 1.82) is 0 Å². The molecule has 0 radical (unpaired) electrons. The molecule has 1 heteroatoms. The molecule has 0 nitrogen and oxygen atoms in total. The van der Waals surface area contributed by atoms with Gasteiger partial charge in [-0.15, -0.1) is 0 Å². The van der Waals surface area contributed by atoms with Crippen molar-refractivity contribution in [3.05, 3.63) is 69.3 Å². The zero-order valence-corrected chi connectivity index (χ0v) is 16.2. The molecule has 0 saturated heterocycles. The van der Waals surface area contributed by atoms with Crippen molar-refractivity contribution in [2.75, 3.05) is 0 Å². The van der Waals surface area contributed by atoms with Crippen LogP contribution < -0.4 is 0 Å². The Bertz CT molecular complexity index is 767. The molecule has 3 unspecified atom stereocenters. The summed E-state index contributed by atoms with van der Waals surface area (Å²) in [6.07, 6.45) is 6.10. The van der Waals surface area contributed by atoms with Gasteiger partial charge < -0.3 is 0 Å². The second-order valence-electron chi connectivity index (χ2n) is 7.72. The van der Waals surface area contributed by atoms with Crippen LogP contribution in [0, 0.1) is 15.4 Å². The highest BCUT2D eigenvalue weighted by atomic mass is 127. The molecule has 2 aromatic carbocycles. The maximum atomic E-state index is 2.48. The van der Waals surface area contributed by atoms with Gasteiger partial charge >= 0.3 is 0 Å². The van der Waals surface area contributed by atoms with Crippen LogP contribution in [-0.4, -0.2) is 0 Å². The first-order valence-electron chi connectivity index (χ1n) is 8.55. The van der Waals surface area contributed by atoms with Crippen molar-refractivity contribution in [3.63, 3.8) is 0 Å². The molecule has 23 heavy (non-hydrogen) atoms. The molecule has 4 rings (SSSR count). The minimum absolute atomic E-state index is 0.227. The normalized spacial score (nSPS) is 27.6. The summed E-state index contributed by atoms with van der Waals surface area (Å²) in [5.74, 6) is 2.08. The van der Waals surface area contributed by atoms with Crippen LogP contribution in [0.25, 0.3) is 11.1 Å². The maximum Gasteiger partial charge on any atom is 0.0130 e. The fourth-order valence-corrected chi connectivity index (χ4v) is 5.02. The number of hydrogen-bond acceptors (Lipinski definition) is 0. The van der Waals surface area contributed by atoms with Crippen molar-refractivity contribution in [2.24, 2.45) is 11.8 Å². The number of allylic oxidation sites excluding steroid dienone is 2. The van der Waals surface area contributed by atoms with Gasteiger partial charge in [-0.3, -0.25) is 0 Å². The van der Waals surface area contributed by atoms with E-state index in [9.17, 15) is 0 Å². The zero-order chi connectivity index (χ0) is 16.2. The van der Waals surface area contributed by atoms with Crippen molar-refractivity contribution in [2.45, 2.75) is 38.5 Å². The lowest BCUT2D eigenvalue weighted by molar-refractivity contribution is 0.293. The number of hydrogen-bond donors (Lipinski definition) is 0. The summed E-state index contributed by atoms with van der Waals surface area (Å²) >= 11 is 2.37. The summed E-state index contributed by atoms with van der Waals surface area (Å²) in [5.41, 5.74) is 6.05. The van der Waals surface area contributed by atoms with E-state index < -0.39 is 0 Å². The van der Waals surface area contributed by atoms with E-state index in [1.54, 1.807) is 11.1 Å². The Hall–Kier alpha value is -1.09. The first kappa shape index (κ1) is 15.4. The van der Waals surface area contributed by atoms with Gasteiger partial charge in [0.1, 0.15) is 0 Å². The molecular formula is C22H23I. The minimum atomic E-state index is 0.227. The zero-order valence-electron chi connectivity index (χ0n) is 14.0. The minimum Gasteiger partial charge on any atom is -0.0879 e. The van der Waals surface area contributed by atoms with Crippen LogP contribution in [0.5, 0.6) is 0 Å². The highest BCUT2D eigenvalue weighted by molar-refractivity contribution is 14.1. The SMILES string of the molecule is CC1CC=CC2C1c1ccc(-c3ccc(I)cc3)cc1C2(C)C. The van der Waals surface area contributed by atoms with Crippen molar-refractivity contribution >= 4 is 22.6 Å². The van der Waals surface area contributed by atoms with Crippen molar-refractivity contribution in [3.8, 4) is 11.1 Å². The van der Waals surface area contributed by atoms with Crippen LogP contribution in [-0.2, 0) is 5.41 Å². The van der Waals surface area contributed by atoms with Crippen LogP contribution >= 0.6 is 22.6 Å². The Balaban J connectivity index is 1.84. The predicted molar refractivity (Wildman–Crippen MR) is 107 cm³/mol. The Kier molecular flexibility index (Phi) is 3.67. The fourth-order valence-electron chi connectivity index (χ4n) is 4.66. The molecule has 0 bridgehead atoms. The third-order valence-corrected chi connectivity index (χ3v) is 6.69. The second-order valence-corrected chi connectivity index (χ2v) is 8.97. The smallest absolute Gasteiger partial charge is 0.0130 e. The maximum absolute atomic E-state index is 2.48. The van der Waals surface area contributed by atoms with E-state index in [1.807, 2.05) is 0 Å². The molecule has 0 fully saturated rings. The number of benzene rings is 2. The van der Waals surface area contributed by atoms with E-state index in [4.69, 9.17) is 0 Å². The molecule has 2 aliphatic carbocycles. The van der Waals surface area contributed by atoms with E-state index >= 15 is 0 Å². The van der Waals surface area contributed by atoms with Crippen molar-refractivity contribution < 1.29 is 0 Å². The lowest BCUT2D eigenvalue weighted by Gasteiger charge is -2.34. The Labute approximate surface area is 153 Å². The van der Waals surface area contributed by atoms with Gasteiger partial charge in [0.05, 0.1) is 0 Å². The summed E-state index contributed by atoms with van der Waals surface area (Å²) in [4.78, 5) is 0. The molecular weight excluding hydrogens is 391 g/mol. The third-order valence-electron chi connectivity index (χ3n) is 5.97. The Morgan fingerprint density at radius 2 is 1.70 bits per heavy atom. The molecule has 2 aromatic rings. The van der Waals surface area contributed by atoms with Crippen LogP contribution in [0.1, 0.15) is 44.2 Å². The van der Waals surface area contributed by atoms with Gasteiger partial charge in [-0.2, -0.15) is 0 Å². The van der Waals surface area contributed by atoms with Gasteiger partial charge in [0, 0.05) is 3.57 Å². The van der Waals surface area contributed by atoms with E-state index in [-0.39, 0.29) is 5.41 Å². The lowest BCUT2D eigenvalue weighted by Crippen LogP contribution is -2.28. The highest BCUT2D eigenvalue weighted by Crippen LogP contribution is 2.56. The summed E-state index contributed by atoms with van der Waals surface area (Å²) in [5, 5.41) is 0. The fraction of sp³-hybridized carbons (Fsp3) is 0.364. The Morgan fingerprint density at radius 1 is 1.00 bits per heavy atom. The van der Waals surface area contributed by atoms with Crippen LogP contribution in [0.2, 0.25) is 0 Å². The average Bonchev–Trinajstić information content (AvgIpc) is 2.77. The average molecular weight is 414 g/mol. The number of fused-ring (bicyclic) bond motifs is 3. The lowest BCUT2D eigenvalue weighted by atomic mass is 9.69. The molecule has 0 aliphatic heterocycles. The summed E-state index contributed by atoms with van der Waals surface area (Å²) in [6.45, 7) is 7.27. The highest BCUT2D eigenvalue weighted by Gasteiger charge is 2.47. The van der Waals surface area contributed by atoms with Gasteiger partial charge in [-0.25, -0.2) is 0 Å². The van der Waals surface area contributed by atoms with Crippen LogP contribution in [0.15, 0.2) is 54.6 Å². The molecule has 2 aliphatic rings. The molecule has 0 spiro atoms. The molecule has 0 saturated carbocycles. The summed E-state index contributed by atoms with van der Waals surface area (Å²) in [6, 6.07) is 16.0. The number of halogens is 1. The molecule has 0 heterocycles. The van der Waals surface area contributed by atoms with Gasteiger partial charge in [-0.1, -0.05) is 63.3 Å². The topological polar surface area (TPSA) is 0 Å². The molecule has 0 N–H and O–H groups in total. The first-order valence-corrected chi connectivity index (χ1v) is 9.63. The van der Waals surface area contributed by atoms with Gasteiger partial charge in [0.25, 0.3) is 0 Å². The van der Waals surface area contributed by atoms with Crippen LogP contribution in [0.4, 0.5) is 0 Å². The van der Waals surface area contributed by atoms with Gasteiger partial charge in [0.2, 0.25) is 0 Å². The first-order chi connectivity index (χ1) is 11.0. The van der Waals surface area contributed by atoms with Crippen LogP contribution in [0.3, 0.4) is 0 Å². The quantitative estimate of drug-likeness (QED) is 0.367. The summed E-state index contributed by atoms with van der Waals surface area (Å²) < 4.78 is 1.29. The van der Waals surface area contributed by atoms with E-state index in [0.29, 0.717) is 11.8 Å². The van der Waals surface area contributed by atoms with Gasteiger partial charge in [-0.05, 0) is 86.6 Å². The van der Waals surface area contributed by atoms with E-state index in [1.165, 1.54) is 21.1 Å². The molecule has 118 valence electrons. The Morgan fingerprint density at radius 3 is 2.43 bits per heavy atom. The second kappa shape index (κ2) is 5.47. The standard InChI is InChI=1S/C22H23I/c1-14-5-4-6-19-21(14)18-12-9-16(13-20(18)22(19,2)3)15-7-10-17(23)11-8-15/h4,6-14,19,21H,5H2,1-3H3. The number of rotatable bonds is 1. The summed E-state index contributed by atoms with van der Waals surface area (Å²) in [7, 11) is 0. The molecule has 0 amide bonds. The van der Waals surface area contributed by atoms with Crippen molar-refractivity contribution in [1.82, 2.24) is 0 Å². The van der Waals surface area contributed by atoms with E-state index in [0.717, 1.165) is 5.92 Å².